The Hall–Kier alpha value is -3.08. The lowest BCUT2D eigenvalue weighted by Gasteiger charge is -2.41. The predicted molar refractivity (Wildman–Crippen MR) is 127 cm³/mol. The molecule has 0 bridgehead atoms. The number of allylic oxidation sites excluding steroid dienone is 1. The molecule has 0 aromatic heterocycles. The molecular formula is C27H32N2O3. The second-order valence-electron chi connectivity index (χ2n) is 9.31. The maximum Gasteiger partial charge on any atom is 0.339 e. The number of nitrogens with one attached hydrogen (secondary N) is 1. The van der Waals surface area contributed by atoms with E-state index in [-0.39, 0.29) is 11.8 Å². The van der Waals surface area contributed by atoms with Crippen LogP contribution in [0.3, 0.4) is 0 Å². The predicted octanol–water partition coefficient (Wildman–Crippen LogP) is 5.66. The van der Waals surface area contributed by atoms with Crippen LogP contribution >= 0.6 is 0 Å². The van der Waals surface area contributed by atoms with Gasteiger partial charge in [-0.05, 0) is 62.1 Å². The molecule has 4 rings (SSSR count). The van der Waals surface area contributed by atoms with Crippen LogP contribution in [0.5, 0.6) is 0 Å². The Morgan fingerprint density at radius 3 is 2.41 bits per heavy atom. The van der Waals surface area contributed by atoms with Gasteiger partial charge in [0.05, 0.1) is 5.56 Å². The summed E-state index contributed by atoms with van der Waals surface area (Å²) in [7, 11) is 0. The fraction of sp³-hybridized carbons (Fsp3) is 0.407. The quantitative estimate of drug-likeness (QED) is 0.488. The van der Waals surface area contributed by atoms with Crippen LogP contribution in [0.4, 0.5) is 5.69 Å². The van der Waals surface area contributed by atoms with Crippen molar-refractivity contribution in [3.63, 3.8) is 0 Å². The molecule has 2 aromatic rings. The maximum absolute atomic E-state index is 12.4. The average molecular weight is 433 g/mol. The van der Waals surface area contributed by atoms with E-state index in [4.69, 9.17) is 4.74 Å². The number of rotatable bonds is 5. The summed E-state index contributed by atoms with van der Waals surface area (Å²) in [6.07, 6.45) is 1.52. The number of hydrogen-bond donors (Lipinski definition) is 1. The number of fused-ring (bicyclic) bond motifs is 2. The zero-order chi connectivity index (χ0) is 23.0. The summed E-state index contributed by atoms with van der Waals surface area (Å²) in [5, 5.41) is 3.66. The molecule has 0 aliphatic carbocycles. The lowest BCUT2D eigenvalue weighted by molar-refractivity contribution is -0.0383. The van der Waals surface area contributed by atoms with Crippen LogP contribution in [0.15, 0.2) is 53.9 Å². The zero-order valence-corrected chi connectivity index (χ0v) is 19.6. The van der Waals surface area contributed by atoms with Gasteiger partial charge in [-0.15, -0.1) is 0 Å². The number of nitrogens with zero attached hydrogens (tertiary/aromatic N) is 1. The molecule has 0 unspecified atom stereocenters. The minimum Gasteiger partial charge on any atom is -0.450 e. The molecule has 2 aliphatic rings. The van der Waals surface area contributed by atoms with Crippen molar-refractivity contribution in [1.82, 2.24) is 4.90 Å². The zero-order valence-electron chi connectivity index (χ0n) is 19.6. The SMILES string of the molecule is CC(=O)c1ccc(NC(=C(C)C(C)C)N2CCC3(CC2)OC(=O)c2ccccc23)c(C)c1. The Balaban J connectivity index is 1.59. The first-order valence-corrected chi connectivity index (χ1v) is 11.4. The van der Waals surface area contributed by atoms with Crippen LogP contribution in [-0.4, -0.2) is 29.7 Å². The number of carbonyl (C=O) groups excluding carboxylic acids is 2. The topological polar surface area (TPSA) is 58.6 Å². The van der Waals surface area contributed by atoms with Crippen molar-refractivity contribution < 1.29 is 14.3 Å². The summed E-state index contributed by atoms with van der Waals surface area (Å²) in [6, 6.07) is 13.6. The van der Waals surface area contributed by atoms with Crippen molar-refractivity contribution in [2.75, 3.05) is 18.4 Å². The fourth-order valence-electron chi connectivity index (χ4n) is 4.66. The molecule has 168 valence electrons. The standard InChI is InChI=1S/C27H32N2O3/c1-17(2)19(4)25(28-24-11-10-21(20(5)30)16-18(24)3)29-14-12-27(13-15-29)23-9-7-6-8-22(23)26(31)32-27/h6-11,16-17,28H,12-15H2,1-5H3. The summed E-state index contributed by atoms with van der Waals surface area (Å²) >= 11 is 0. The number of hydrogen-bond acceptors (Lipinski definition) is 5. The lowest BCUT2D eigenvalue weighted by atomic mass is 9.83. The van der Waals surface area contributed by atoms with Crippen LogP contribution in [0.1, 0.15) is 72.4 Å². The molecule has 0 amide bonds. The first-order chi connectivity index (χ1) is 15.2. The van der Waals surface area contributed by atoms with Gasteiger partial charge in [-0.1, -0.05) is 32.0 Å². The highest BCUT2D eigenvalue weighted by Gasteiger charge is 2.47. The number of ether oxygens (including phenoxy) is 1. The Morgan fingerprint density at radius 1 is 1.09 bits per heavy atom. The first-order valence-electron chi connectivity index (χ1n) is 11.4. The fourth-order valence-corrected chi connectivity index (χ4v) is 4.66. The summed E-state index contributed by atoms with van der Waals surface area (Å²) in [5.41, 5.74) is 5.26. The third-order valence-electron chi connectivity index (χ3n) is 6.94. The van der Waals surface area contributed by atoms with Gasteiger partial charge in [0.25, 0.3) is 0 Å². The monoisotopic (exact) mass is 432 g/mol. The Kier molecular flexibility index (Phi) is 5.85. The van der Waals surface area contributed by atoms with Crippen LogP contribution in [0, 0.1) is 12.8 Å². The van der Waals surface area contributed by atoms with E-state index in [0.29, 0.717) is 11.5 Å². The van der Waals surface area contributed by atoms with Crippen molar-refractivity contribution in [2.24, 2.45) is 5.92 Å². The largest absolute Gasteiger partial charge is 0.450 e. The molecule has 5 heteroatoms. The molecule has 0 atom stereocenters. The maximum atomic E-state index is 12.4. The molecule has 1 saturated heterocycles. The number of likely N-dealkylation sites (tertiary alicyclic amines) is 1. The van der Waals surface area contributed by atoms with E-state index in [1.54, 1.807) is 6.92 Å². The van der Waals surface area contributed by atoms with Gasteiger partial charge in [-0.2, -0.15) is 0 Å². The summed E-state index contributed by atoms with van der Waals surface area (Å²) < 4.78 is 5.94. The van der Waals surface area contributed by atoms with E-state index in [9.17, 15) is 9.59 Å². The molecule has 1 spiro atoms. The second-order valence-corrected chi connectivity index (χ2v) is 9.31. The highest BCUT2D eigenvalue weighted by atomic mass is 16.6. The summed E-state index contributed by atoms with van der Waals surface area (Å²) in [4.78, 5) is 26.5. The Morgan fingerprint density at radius 2 is 1.78 bits per heavy atom. The highest BCUT2D eigenvalue weighted by molar-refractivity contribution is 5.95. The van der Waals surface area contributed by atoms with Crippen molar-refractivity contribution in [2.45, 2.75) is 53.1 Å². The average Bonchev–Trinajstić information content (AvgIpc) is 3.04. The Labute approximate surface area is 190 Å². The van der Waals surface area contributed by atoms with E-state index in [1.807, 2.05) is 49.4 Å². The van der Waals surface area contributed by atoms with E-state index in [2.05, 4.69) is 31.0 Å². The minimum absolute atomic E-state index is 0.0708. The van der Waals surface area contributed by atoms with Gasteiger partial charge in [0.2, 0.25) is 0 Å². The van der Waals surface area contributed by atoms with Crippen molar-refractivity contribution in [3.8, 4) is 0 Å². The third kappa shape index (κ3) is 3.92. The van der Waals surface area contributed by atoms with E-state index < -0.39 is 5.60 Å². The molecule has 2 aromatic carbocycles. The van der Waals surface area contributed by atoms with E-state index in [0.717, 1.165) is 54.1 Å². The van der Waals surface area contributed by atoms with Gasteiger partial charge in [0.15, 0.2) is 5.78 Å². The van der Waals surface area contributed by atoms with Gasteiger partial charge in [0.1, 0.15) is 11.4 Å². The van der Waals surface area contributed by atoms with Gasteiger partial charge in [-0.3, -0.25) is 4.79 Å². The summed E-state index contributed by atoms with van der Waals surface area (Å²) in [6.45, 7) is 11.8. The van der Waals surface area contributed by atoms with Crippen LogP contribution in [0.25, 0.3) is 0 Å². The van der Waals surface area contributed by atoms with Crippen LogP contribution in [-0.2, 0) is 10.3 Å². The normalized spacial score (nSPS) is 17.8. The number of Topliss-reactive ketones (excluding diaryl/α,β-unsaturated/α-hetero) is 1. The number of aryl methyl sites for hydroxylation is 1. The van der Waals surface area contributed by atoms with E-state index >= 15 is 0 Å². The molecule has 2 aliphatic heterocycles. The number of carbonyl (C=O) groups is 2. The number of piperidine rings is 1. The third-order valence-corrected chi connectivity index (χ3v) is 6.94. The van der Waals surface area contributed by atoms with Gasteiger partial charge in [-0.25, -0.2) is 4.79 Å². The van der Waals surface area contributed by atoms with Gasteiger partial charge < -0.3 is 15.0 Å². The molecule has 2 heterocycles. The van der Waals surface area contributed by atoms with Crippen molar-refractivity contribution in [1.29, 1.82) is 0 Å². The smallest absolute Gasteiger partial charge is 0.339 e. The van der Waals surface area contributed by atoms with Gasteiger partial charge in [0, 0.05) is 42.7 Å². The number of benzene rings is 2. The lowest BCUT2D eigenvalue weighted by Crippen LogP contribution is -2.44. The molecular weight excluding hydrogens is 400 g/mol. The number of ketones is 1. The second kappa shape index (κ2) is 8.45. The molecule has 32 heavy (non-hydrogen) atoms. The number of anilines is 1. The molecule has 0 radical (unpaired) electrons. The van der Waals surface area contributed by atoms with Crippen molar-refractivity contribution in [3.05, 3.63) is 76.1 Å². The van der Waals surface area contributed by atoms with Crippen LogP contribution in [0.2, 0.25) is 0 Å². The molecule has 5 nitrogen and oxygen atoms in total. The summed E-state index contributed by atoms with van der Waals surface area (Å²) in [5.74, 6) is 1.35. The highest BCUT2D eigenvalue weighted by Crippen LogP contribution is 2.44. The molecule has 1 N–H and O–H groups in total. The Bertz CT molecular complexity index is 1090. The molecule has 0 saturated carbocycles. The first kappa shape index (κ1) is 22.1. The minimum atomic E-state index is -0.514. The van der Waals surface area contributed by atoms with E-state index in [1.165, 1.54) is 5.57 Å². The van der Waals surface area contributed by atoms with Crippen LogP contribution < -0.4 is 5.32 Å². The van der Waals surface area contributed by atoms with Crippen molar-refractivity contribution >= 4 is 17.4 Å². The van der Waals surface area contributed by atoms with Gasteiger partial charge >= 0.3 is 5.97 Å². The number of esters is 1. The molecule has 1 fully saturated rings.